The summed E-state index contributed by atoms with van der Waals surface area (Å²) in [5.41, 5.74) is 0. The molecular weight excluding hydrogens is 699 g/mol. The molecule has 1 aliphatic carbocycles. The molecule has 0 saturated carbocycles. The summed E-state index contributed by atoms with van der Waals surface area (Å²) in [6.45, 7) is 0. The summed E-state index contributed by atoms with van der Waals surface area (Å²) in [4.78, 5) is 0. The minimum atomic E-state index is -6.00. The van der Waals surface area contributed by atoms with Crippen molar-refractivity contribution in [3.8, 4) is 11.5 Å². The largest absolute Gasteiger partial charge is 1.00 e. The Labute approximate surface area is 323 Å². The zero-order valence-corrected chi connectivity index (χ0v) is 33.4. The van der Waals surface area contributed by atoms with Crippen LogP contribution in [0.5, 0.6) is 11.5 Å². The van der Waals surface area contributed by atoms with Gasteiger partial charge >= 0.3 is 65.4 Å². The van der Waals surface area contributed by atoms with Crippen molar-refractivity contribution in [3.63, 3.8) is 0 Å². The van der Waals surface area contributed by atoms with Crippen molar-refractivity contribution >= 4 is 44.3 Å². The van der Waals surface area contributed by atoms with E-state index in [1.165, 1.54) is 46.9 Å². The Morgan fingerprint density at radius 1 is 0.500 bits per heavy atom. The van der Waals surface area contributed by atoms with Gasteiger partial charge in [-0.1, -0.05) is 121 Å². The fraction of sp³-hybridized carbons (Fsp3) is 0.222. The molecule has 0 bridgehead atoms. The Bertz CT molecular complexity index is 1330. The van der Waals surface area contributed by atoms with Gasteiger partial charge in [-0.05, 0) is 76.6 Å². The van der Waals surface area contributed by atoms with Gasteiger partial charge in [0.15, 0.2) is 0 Å². The maximum atomic E-state index is 9.75. The number of benzene rings is 4. The molecule has 1 aliphatic rings. The average Bonchev–Trinajstić information content (AvgIpc) is 3.03. The molecule has 5 rings (SSSR count). The van der Waals surface area contributed by atoms with Gasteiger partial charge in [0.1, 0.15) is 11.5 Å². The van der Waals surface area contributed by atoms with Crippen LogP contribution in [0.3, 0.4) is 0 Å². The quantitative estimate of drug-likeness (QED) is 0.0877. The fourth-order valence-electron chi connectivity index (χ4n) is 4.75. The van der Waals surface area contributed by atoms with Crippen LogP contribution in [0, 0.1) is 0 Å². The molecule has 0 amide bonds. The van der Waals surface area contributed by atoms with E-state index in [0.717, 1.165) is 23.8 Å². The Balaban J connectivity index is 0.000000440. The second-order valence-corrected chi connectivity index (χ2v) is 14.5. The Kier molecular flexibility index (Phi) is 20.2. The van der Waals surface area contributed by atoms with E-state index in [9.17, 15) is 17.3 Å². The van der Waals surface area contributed by atoms with Crippen LogP contribution in [0.1, 0.15) is 25.7 Å². The van der Waals surface area contributed by atoms with Gasteiger partial charge in [0.05, 0.1) is 14.2 Å². The number of allylic oxidation sites excluding steroid dienone is 4. The molecule has 0 fully saturated rings. The first-order valence-electron chi connectivity index (χ1n) is 14.9. The van der Waals surface area contributed by atoms with E-state index in [2.05, 4.69) is 121 Å². The topological polar surface area (TPSA) is 18.5 Å². The Morgan fingerprint density at radius 3 is 1.09 bits per heavy atom. The van der Waals surface area contributed by atoms with E-state index >= 15 is 0 Å². The number of methoxy groups -OCH3 is 2. The summed E-state index contributed by atoms with van der Waals surface area (Å²) in [6.07, 6.45) is 16.2. The molecule has 0 saturated heterocycles. The summed E-state index contributed by atoms with van der Waals surface area (Å²) < 4.78 is 50.5. The summed E-state index contributed by atoms with van der Waals surface area (Å²) in [5.74, 6) is 1.95. The van der Waals surface area contributed by atoms with Crippen molar-refractivity contribution in [2.75, 3.05) is 26.5 Å². The van der Waals surface area contributed by atoms with Crippen molar-refractivity contribution < 1.29 is 84.9 Å². The van der Waals surface area contributed by atoms with Gasteiger partial charge in [-0.2, -0.15) is 0 Å². The number of halogens is 4. The molecular formula is C36H40BF4O2P2Rb. The first-order chi connectivity index (χ1) is 21.8. The number of ether oxygens (including phenoxy) is 2. The normalized spacial score (nSPS) is 15.0. The third-order valence-electron chi connectivity index (χ3n) is 6.77. The standard InChI is InChI=1S/C28H28O2P2.C8H12.BF4.Rb/c1-29-25-17-9-11-19-27(25)31(23-13-5-3-6-14-23)21-22-32(24-15-7-4-8-16-24)28-20-12-10-18-26(28)30-2;1-2-4-6-8-7-5-3-1;2-1(3,4)5;/h3-20H,21-22H2,1-2H3;1-2,7-8H,3-6H2;;/q;;-1;+1/b;2-1-,8-7-;;/t31-,32-;;;/m1.../s1. The van der Waals surface area contributed by atoms with Crippen molar-refractivity contribution in [2.24, 2.45) is 0 Å². The van der Waals surface area contributed by atoms with Gasteiger partial charge in [-0.15, -0.1) is 0 Å². The minimum absolute atomic E-state index is 0. The number of hydrogen-bond acceptors (Lipinski definition) is 2. The second kappa shape index (κ2) is 22.9. The smallest absolute Gasteiger partial charge is 0.496 e. The molecule has 0 N–H and O–H groups in total. The van der Waals surface area contributed by atoms with Crippen LogP contribution in [0.15, 0.2) is 133 Å². The molecule has 238 valence electrons. The molecule has 2 atom stereocenters. The monoisotopic (exact) mass is 738 g/mol. The van der Waals surface area contributed by atoms with Crippen LogP contribution in [0.2, 0.25) is 0 Å². The Hall–Kier alpha value is -1.59. The van der Waals surface area contributed by atoms with E-state index in [0.29, 0.717) is 0 Å². The van der Waals surface area contributed by atoms with Gasteiger partial charge < -0.3 is 26.7 Å². The van der Waals surface area contributed by atoms with Gasteiger partial charge in [-0.25, -0.2) is 0 Å². The van der Waals surface area contributed by atoms with E-state index < -0.39 is 23.1 Å². The number of rotatable bonds is 9. The molecule has 0 unspecified atom stereocenters. The predicted molar refractivity (Wildman–Crippen MR) is 188 cm³/mol. The summed E-state index contributed by atoms with van der Waals surface area (Å²) >= 11 is 0. The summed E-state index contributed by atoms with van der Waals surface area (Å²) in [7, 11) is -3.57. The Morgan fingerprint density at radius 2 is 0.783 bits per heavy atom. The first kappa shape index (κ1) is 40.6. The van der Waals surface area contributed by atoms with Crippen LogP contribution in [0.4, 0.5) is 17.3 Å². The van der Waals surface area contributed by atoms with Crippen molar-refractivity contribution in [1.82, 2.24) is 0 Å². The average molecular weight is 739 g/mol. The van der Waals surface area contributed by atoms with Crippen LogP contribution < -0.4 is 88.9 Å². The molecule has 4 aromatic carbocycles. The third kappa shape index (κ3) is 15.1. The SMILES string of the molecule is C1=C\CC/C=C\CC/1.COc1ccccc1[P@](CC[P@](c1ccccc1)c1ccccc1OC)c1ccccc1.F[B-](F)(F)F.[Rb+]. The van der Waals surface area contributed by atoms with Crippen LogP contribution in [0.25, 0.3) is 0 Å². The number of hydrogen-bond donors (Lipinski definition) is 0. The molecule has 4 aromatic rings. The molecule has 0 aliphatic heterocycles. The zero-order valence-electron chi connectivity index (χ0n) is 26.7. The molecule has 46 heavy (non-hydrogen) atoms. The van der Waals surface area contributed by atoms with E-state index in [-0.39, 0.29) is 58.2 Å². The van der Waals surface area contributed by atoms with Gasteiger partial charge in [-0.3, -0.25) is 0 Å². The molecule has 0 spiro atoms. The number of para-hydroxylation sites is 2. The van der Waals surface area contributed by atoms with E-state index in [1.54, 1.807) is 14.2 Å². The third-order valence-corrected chi connectivity index (χ3v) is 12.2. The van der Waals surface area contributed by atoms with E-state index in [4.69, 9.17) is 9.47 Å². The van der Waals surface area contributed by atoms with Crippen molar-refractivity contribution in [3.05, 3.63) is 133 Å². The van der Waals surface area contributed by atoms with Gasteiger partial charge in [0, 0.05) is 10.6 Å². The van der Waals surface area contributed by atoms with Crippen LogP contribution in [-0.2, 0) is 0 Å². The van der Waals surface area contributed by atoms with Crippen LogP contribution in [-0.4, -0.2) is 33.8 Å². The van der Waals surface area contributed by atoms with Crippen molar-refractivity contribution in [2.45, 2.75) is 25.7 Å². The summed E-state index contributed by atoms with van der Waals surface area (Å²) in [6, 6.07) is 38.7. The zero-order chi connectivity index (χ0) is 32.3. The van der Waals surface area contributed by atoms with Gasteiger partial charge in [0.25, 0.3) is 0 Å². The van der Waals surface area contributed by atoms with E-state index in [1.807, 2.05) is 12.1 Å². The molecule has 2 nitrogen and oxygen atoms in total. The van der Waals surface area contributed by atoms with Gasteiger partial charge in [0.2, 0.25) is 0 Å². The molecule has 0 radical (unpaired) electrons. The molecule has 0 heterocycles. The fourth-order valence-corrected chi connectivity index (χ4v) is 10.4. The molecule has 0 aromatic heterocycles. The van der Waals surface area contributed by atoms with Crippen molar-refractivity contribution in [1.29, 1.82) is 0 Å². The van der Waals surface area contributed by atoms with Crippen LogP contribution >= 0.6 is 15.8 Å². The summed E-state index contributed by atoms with van der Waals surface area (Å²) in [5, 5.41) is 5.38. The maximum absolute atomic E-state index is 9.75. The molecule has 10 heteroatoms. The minimum Gasteiger partial charge on any atom is -0.496 e. The maximum Gasteiger partial charge on any atom is 1.00 e. The second-order valence-electron chi connectivity index (χ2n) is 9.91. The first-order valence-corrected chi connectivity index (χ1v) is 18.0. The predicted octanol–water partition coefficient (Wildman–Crippen LogP) is 6.25.